The van der Waals surface area contributed by atoms with Gasteiger partial charge in [0.15, 0.2) is 0 Å². The summed E-state index contributed by atoms with van der Waals surface area (Å²) in [6, 6.07) is 6.94. The quantitative estimate of drug-likeness (QED) is 0.891. The first-order chi connectivity index (χ1) is 8.08. The highest BCUT2D eigenvalue weighted by Crippen LogP contribution is 2.25. The van der Waals surface area contributed by atoms with Crippen molar-refractivity contribution in [2.24, 2.45) is 7.05 Å². The smallest absolute Gasteiger partial charge is 0.242 e. The van der Waals surface area contributed by atoms with E-state index in [0.717, 1.165) is 11.1 Å². The molecule has 2 N–H and O–H groups in total. The number of hydrogen-bond acceptors (Lipinski definition) is 2. The van der Waals surface area contributed by atoms with Gasteiger partial charge in [-0.05, 0) is 11.1 Å². The van der Waals surface area contributed by atoms with Gasteiger partial charge in [0.25, 0.3) is 0 Å². The van der Waals surface area contributed by atoms with E-state index < -0.39 is 6.43 Å². The zero-order valence-corrected chi connectivity index (χ0v) is 9.40. The molecule has 0 aliphatic carbocycles. The van der Waals surface area contributed by atoms with E-state index in [1.807, 2.05) is 0 Å². The fourth-order valence-corrected chi connectivity index (χ4v) is 1.67. The van der Waals surface area contributed by atoms with E-state index in [-0.39, 0.29) is 6.42 Å². The molecule has 5 heteroatoms. The first-order valence-corrected chi connectivity index (χ1v) is 5.23. The molecule has 0 radical (unpaired) electrons. The van der Waals surface area contributed by atoms with Crippen LogP contribution in [-0.2, 0) is 13.5 Å². The average molecular weight is 237 g/mol. The number of benzene rings is 1. The Bertz CT molecular complexity index is 503. The lowest BCUT2D eigenvalue weighted by Gasteiger charge is -2.03. The van der Waals surface area contributed by atoms with Gasteiger partial charge in [0.2, 0.25) is 6.43 Å². The molecular weight excluding hydrogens is 224 g/mol. The van der Waals surface area contributed by atoms with E-state index in [0.29, 0.717) is 11.4 Å². The number of hydrogen-bond donors (Lipinski definition) is 1. The molecule has 0 spiro atoms. The predicted octanol–water partition coefficient (Wildman–Crippen LogP) is 2.48. The number of aryl methyl sites for hydroxylation is 1. The van der Waals surface area contributed by atoms with Crippen LogP contribution < -0.4 is 5.73 Å². The molecule has 1 heterocycles. The lowest BCUT2D eigenvalue weighted by atomic mass is 10.1. The van der Waals surface area contributed by atoms with E-state index >= 15 is 0 Å². The Labute approximate surface area is 97.9 Å². The number of nitrogens with zero attached hydrogens (tertiary/aromatic N) is 2. The Morgan fingerprint density at radius 1 is 1.29 bits per heavy atom. The molecular formula is C12H13F2N3. The first kappa shape index (κ1) is 11.6. The second-order valence-corrected chi connectivity index (χ2v) is 3.86. The van der Waals surface area contributed by atoms with Crippen LogP contribution in [0.15, 0.2) is 30.5 Å². The molecule has 0 fully saturated rings. The van der Waals surface area contributed by atoms with Crippen LogP contribution in [0.5, 0.6) is 0 Å². The molecule has 90 valence electrons. The summed E-state index contributed by atoms with van der Waals surface area (Å²) in [5.74, 6) is 0.562. The maximum absolute atomic E-state index is 12.2. The number of nitrogens with two attached hydrogens (primary N) is 1. The second kappa shape index (κ2) is 4.53. The number of halogens is 2. The minimum atomic E-state index is -2.32. The normalized spacial score (nSPS) is 11.1. The van der Waals surface area contributed by atoms with Crippen molar-refractivity contribution in [2.75, 3.05) is 5.73 Å². The fraction of sp³-hybridized carbons (Fsp3) is 0.250. The van der Waals surface area contributed by atoms with Crippen LogP contribution in [0.25, 0.3) is 11.1 Å². The van der Waals surface area contributed by atoms with Gasteiger partial charge >= 0.3 is 0 Å². The van der Waals surface area contributed by atoms with Crippen molar-refractivity contribution in [2.45, 2.75) is 12.8 Å². The minimum absolute atomic E-state index is 0.219. The summed E-state index contributed by atoms with van der Waals surface area (Å²) >= 11 is 0. The molecule has 0 aliphatic rings. The number of rotatable bonds is 3. The van der Waals surface area contributed by atoms with Gasteiger partial charge in [-0.25, -0.2) is 8.78 Å². The van der Waals surface area contributed by atoms with Gasteiger partial charge in [-0.1, -0.05) is 24.3 Å². The zero-order valence-electron chi connectivity index (χ0n) is 9.40. The van der Waals surface area contributed by atoms with E-state index in [1.165, 1.54) is 0 Å². The lowest BCUT2D eigenvalue weighted by Crippen LogP contribution is -1.98. The predicted molar refractivity (Wildman–Crippen MR) is 62.8 cm³/mol. The van der Waals surface area contributed by atoms with Crippen LogP contribution >= 0.6 is 0 Å². The van der Waals surface area contributed by atoms with Crippen molar-refractivity contribution in [1.82, 2.24) is 9.78 Å². The highest BCUT2D eigenvalue weighted by Gasteiger charge is 2.08. The monoisotopic (exact) mass is 237 g/mol. The molecule has 0 saturated carbocycles. The summed E-state index contributed by atoms with van der Waals surface area (Å²) in [6.07, 6.45) is -0.871. The SMILES string of the molecule is Cn1ncc(-c2ccc(CC(F)F)cc2)c1N. The Balaban J connectivity index is 2.26. The van der Waals surface area contributed by atoms with Gasteiger partial charge in [-0.15, -0.1) is 0 Å². The van der Waals surface area contributed by atoms with Gasteiger partial charge in [0.1, 0.15) is 5.82 Å². The third-order valence-corrected chi connectivity index (χ3v) is 2.64. The van der Waals surface area contributed by atoms with E-state index in [2.05, 4.69) is 5.10 Å². The third-order valence-electron chi connectivity index (χ3n) is 2.64. The van der Waals surface area contributed by atoms with Crippen molar-refractivity contribution in [3.8, 4) is 11.1 Å². The standard InChI is InChI=1S/C12H13F2N3/c1-17-12(15)10(7-16-17)9-4-2-8(3-5-9)6-11(13)14/h2-5,7,11H,6,15H2,1H3. The van der Waals surface area contributed by atoms with Crippen molar-refractivity contribution in [1.29, 1.82) is 0 Å². The fourth-order valence-electron chi connectivity index (χ4n) is 1.67. The Morgan fingerprint density at radius 2 is 1.94 bits per heavy atom. The highest BCUT2D eigenvalue weighted by atomic mass is 19.3. The van der Waals surface area contributed by atoms with Crippen molar-refractivity contribution >= 4 is 5.82 Å². The van der Waals surface area contributed by atoms with E-state index in [1.54, 1.807) is 42.2 Å². The molecule has 1 aromatic carbocycles. The van der Waals surface area contributed by atoms with Gasteiger partial charge in [0.05, 0.1) is 6.20 Å². The van der Waals surface area contributed by atoms with Crippen LogP contribution in [0.4, 0.5) is 14.6 Å². The van der Waals surface area contributed by atoms with Gasteiger partial charge in [-0.3, -0.25) is 4.68 Å². The second-order valence-electron chi connectivity index (χ2n) is 3.86. The van der Waals surface area contributed by atoms with E-state index in [9.17, 15) is 8.78 Å². The van der Waals surface area contributed by atoms with Crippen LogP contribution in [0.1, 0.15) is 5.56 Å². The molecule has 2 aromatic rings. The van der Waals surface area contributed by atoms with Crippen LogP contribution in [-0.4, -0.2) is 16.2 Å². The van der Waals surface area contributed by atoms with Gasteiger partial charge in [-0.2, -0.15) is 5.10 Å². The molecule has 0 unspecified atom stereocenters. The lowest BCUT2D eigenvalue weighted by molar-refractivity contribution is 0.149. The Hall–Kier alpha value is -1.91. The summed E-state index contributed by atoms with van der Waals surface area (Å²) in [7, 11) is 1.75. The number of alkyl halides is 2. The number of aromatic nitrogens is 2. The van der Waals surface area contributed by atoms with Crippen LogP contribution in [0, 0.1) is 0 Å². The topological polar surface area (TPSA) is 43.8 Å². The molecule has 3 nitrogen and oxygen atoms in total. The van der Waals surface area contributed by atoms with Crippen LogP contribution in [0.3, 0.4) is 0 Å². The first-order valence-electron chi connectivity index (χ1n) is 5.23. The summed E-state index contributed by atoms with van der Waals surface area (Å²) in [5, 5.41) is 4.04. The maximum Gasteiger partial charge on any atom is 0.242 e. The number of nitrogen functional groups attached to an aromatic ring is 1. The minimum Gasteiger partial charge on any atom is -0.383 e. The maximum atomic E-state index is 12.2. The molecule has 0 amide bonds. The van der Waals surface area contributed by atoms with Gasteiger partial charge < -0.3 is 5.73 Å². The van der Waals surface area contributed by atoms with Crippen molar-refractivity contribution in [3.63, 3.8) is 0 Å². The molecule has 0 saturated heterocycles. The summed E-state index contributed by atoms with van der Waals surface area (Å²) in [5.41, 5.74) is 8.15. The van der Waals surface area contributed by atoms with E-state index in [4.69, 9.17) is 5.73 Å². The molecule has 0 atom stereocenters. The number of anilines is 1. The van der Waals surface area contributed by atoms with Crippen molar-refractivity contribution < 1.29 is 8.78 Å². The Morgan fingerprint density at radius 3 is 2.41 bits per heavy atom. The Kier molecular flexibility index (Phi) is 3.08. The summed E-state index contributed by atoms with van der Waals surface area (Å²) in [4.78, 5) is 0. The zero-order chi connectivity index (χ0) is 12.4. The molecule has 0 aliphatic heterocycles. The average Bonchev–Trinajstić information content (AvgIpc) is 2.60. The largest absolute Gasteiger partial charge is 0.383 e. The van der Waals surface area contributed by atoms with Crippen LogP contribution in [0.2, 0.25) is 0 Å². The molecule has 0 bridgehead atoms. The van der Waals surface area contributed by atoms with Gasteiger partial charge in [0, 0.05) is 19.0 Å². The van der Waals surface area contributed by atoms with Crippen molar-refractivity contribution in [3.05, 3.63) is 36.0 Å². The molecule has 1 aromatic heterocycles. The third kappa shape index (κ3) is 2.43. The molecule has 2 rings (SSSR count). The highest BCUT2D eigenvalue weighted by molar-refractivity contribution is 5.73. The molecule has 17 heavy (non-hydrogen) atoms. The summed E-state index contributed by atoms with van der Waals surface area (Å²) < 4.78 is 25.9. The summed E-state index contributed by atoms with van der Waals surface area (Å²) in [6.45, 7) is 0.